The number of fused-ring (bicyclic) bond motifs is 1. The standard InChI is InChI=1S/C19H17Cl2N3O3.ClH/c1-27-19(26)17-8-14(12-4-2-3-11(5-12)9-22)18-15(21)6-13(20)7-16(18)24(17)23-10-25;/h2-7,14,17H,8-9,22H2,1H3;1H/t14-,17-;/m1./s1. The number of isocyanates is 1. The molecule has 1 aliphatic heterocycles. The molecule has 0 unspecified atom stereocenters. The van der Waals surface area contributed by atoms with Gasteiger partial charge in [0.1, 0.15) is 0 Å². The van der Waals surface area contributed by atoms with Crippen LogP contribution < -0.4 is 10.7 Å². The van der Waals surface area contributed by atoms with Crippen molar-refractivity contribution in [2.45, 2.75) is 24.9 Å². The maximum absolute atomic E-state index is 12.4. The van der Waals surface area contributed by atoms with E-state index in [2.05, 4.69) is 5.10 Å². The zero-order chi connectivity index (χ0) is 19.6. The van der Waals surface area contributed by atoms with Crippen LogP contribution in [0.3, 0.4) is 0 Å². The summed E-state index contributed by atoms with van der Waals surface area (Å²) in [6, 6.07) is 10.2. The molecule has 0 aromatic heterocycles. The number of esters is 1. The summed E-state index contributed by atoms with van der Waals surface area (Å²) in [5, 5.41) is 5.77. The zero-order valence-electron chi connectivity index (χ0n) is 14.9. The lowest BCUT2D eigenvalue weighted by molar-refractivity contribution is -0.142. The van der Waals surface area contributed by atoms with E-state index in [1.807, 2.05) is 24.3 Å². The van der Waals surface area contributed by atoms with E-state index in [0.717, 1.165) is 16.7 Å². The molecule has 6 nitrogen and oxygen atoms in total. The van der Waals surface area contributed by atoms with Crippen LogP contribution in [-0.4, -0.2) is 25.2 Å². The van der Waals surface area contributed by atoms with Crippen molar-refractivity contribution in [2.75, 3.05) is 12.1 Å². The number of ether oxygens (including phenoxy) is 1. The quantitative estimate of drug-likeness (QED) is 0.439. The van der Waals surface area contributed by atoms with Crippen LogP contribution in [-0.2, 0) is 20.9 Å². The number of hydrogen-bond acceptors (Lipinski definition) is 6. The van der Waals surface area contributed by atoms with Crippen LogP contribution in [0, 0.1) is 0 Å². The number of hydrogen-bond donors (Lipinski definition) is 1. The van der Waals surface area contributed by atoms with Gasteiger partial charge < -0.3 is 10.5 Å². The first-order valence-corrected chi connectivity index (χ1v) is 8.98. The number of carbonyl (C=O) groups excluding carboxylic acids is 2. The fourth-order valence-corrected chi connectivity index (χ4v) is 4.07. The molecule has 0 fully saturated rings. The summed E-state index contributed by atoms with van der Waals surface area (Å²) in [4.78, 5) is 23.4. The molecule has 28 heavy (non-hydrogen) atoms. The van der Waals surface area contributed by atoms with Gasteiger partial charge in [0.25, 0.3) is 6.08 Å². The lowest BCUT2D eigenvalue weighted by Gasteiger charge is -2.37. The van der Waals surface area contributed by atoms with Crippen LogP contribution in [0.25, 0.3) is 0 Å². The molecule has 0 amide bonds. The maximum atomic E-state index is 12.4. The number of hydrazone groups is 1. The monoisotopic (exact) mass is 441 g/mol. The number of halogens is 3. The second kappa shape index (κ2) is 9.41. The molecular weight excluding hydrogens is 425 g/mol. The van der Waals surface area contributed by atoms with Crippen molar-refractivity contribution in [1.82, 2.24) is 0 Å². The summed E-state index contributed by atoms with van der Waals surface area (Å²) in [5.41, 5.74) is 8.88. The van der Waals surface area contributed by atoms with Crippen LogP contribution in [0.1, 0.15) is 29.0 Å². The van der Waals surface area contributed by atoms with Crippen molar-refractivity contribution >= 4 is 53.3 Å². The van der Waals surface area contributed by atoms with Crippen molar-refractivity contribution in [2.24, 2.45) is 10.8 Å². The Bertz CT molecular complexity index is 932. The maximum Gasteiger partial charge on any atom is 0.330 e. The summed E-state index contributed by atoms with van der Waals surface area (Å²) in [6.07, 6.45) is 1.81. The first kappa shape index (κ1) is 22.2. The predicted octanol–water partition coefficient (Wildman–Crippen LogP) is 4.01. The molecule has 2 aromatic carbocycles. The summed E-state index contributed by atoms with van der Waals surface area (Å²) in [6.45, 7) is 0.393. The molecule has 1 heterocycles. The third kappa shape index (κ3) is 4.17. The predicted molar refractivity (Wildman–Crippen MR) is 111 cm³/mol. The van der Waals surface area contributed by atoms with E-state index in [0.29, 0.717) is 28.7 Å². The van der Waals surface area contributed by atoms with Gasteiger partial charge in [-0.15, -0.1) is 12.4 Å². The topological polar surface area (TPSA) is 85.0 Å². The van der Waals surface area contributed by atoms with Crippen molar-refractivity contribution < 1.29 is 14.3 Å². The molecular formula is C19H18Cl3N3O3. The van der Waals surface area contributed by atoms with Gasteiger partial charge in [-0.05, 0) is 29.7 Å². The van der Waals surface area contributed by atoms with E-state index >= 15 is 0 Å². The average molecular weight is 443 g/mol. The summed E-state index contributed by atoms with van der Waals surface area (Å²) >= 11 is 12.7. The Morgan fingerprint density at radius 1 is 1.36 bits per heavy atom. The van der Waals surface area contributed by atoms with Gasteiger partial charge in [0, 0.05) is 28.1 Å². The summed E-state index contributed by atoms with van der Waals surface area (Å²) < 4.78 is 4.91. The fourth-order valence-electron chi connectivity index (χ4n) is 3.45. The van der Waals surface area contributed by atoms with E-state index in [-0.39, 0.29) is 18.3 Å². The molecule has 9 heteroatoms. The number of rotatable bonds is 4. The van der Waals surface area contributed by atoms with Gasteiger partial charge in [0.15, 0.2) is 6.04 Å². The van der Waals surface area contributed by atoms with Gasteiger partial charge in [-0.3, -0.25) is 0 Å². The number of methoxy groups -OCH3 is 1. The minimum atomic E-state index is -0.815. The van der Waals surface area contributed by atoms with Crippen molar-refractivity contribution in [1.29, 1.82) is 0 Å². The second-order valence-electron chi connectivity index (χ2n) is 6.13. The minimum absolute atomic E-state index is 0. The molecule has 1 aliphatic rings. The normalized spacial score (nSPS) is 17.8. The van der Waals surface area contributed by atoms with Crippen LogP contribution in [0.15, 0.2) is 41.5 Å². The number of nitrogens with two attached hydrogens (primary N) is 1. The highest BCUT2D eigenvalue weighted by atomic mass is 35.5. The lowest BCUT2D eigenvalue weighted by Crippen LogP contribution is -2.43. The first-order chi connectivity index (χ1) is 13.0. The molecule has 0 aliphatic carbocycles. The van der Waals surface area contributed by atoms with Crippen LogP contribution >= 0.6 is 35.6 Å². The fraction of sp³-hybridized carbons (Fsp3) is 0.263. The molecule has 0 bridgehead atoms. The zero-order valence-corrected chi connectivity index (χ0v) is 17.2. The van der Waals surface area contributed by atoms with Crippen LogP contribution in [0.5, 0.6) is 0 Å². The highest BCUT2D eigenvalue weighted by Crippen LogP contribution is 2.47. The number of anilines is 1. The molecule has 0 radical (unpaired) electrons. The minimum Gasteiger partial charge on any atom is -0.467 e. The van der Waals surface area contributed by atoms with E-state index in [1.54, 1.807) is 12.1 Å². The van der Waals surface area contributed by atoms with Gasteiger partial charge in [-0.2, -0.15) is 0 Å². The SMILES string of the molecule is COC(=O)[C@H]1C[C@H](c2cccc(CN)c2)c2c(Cl)cc(Cl)cc2N1N=C=O.Cl. The Hall–Kier alpha value is -2.08. The van der Waals surface area contributed by atoms with Gasteiger partial charge in [0.2, 0.25) is 0 Å². The lowest BCUT2D eigenvalue weighted by atomic mass is 9.81. The largest absolute Gasteiger partial charge is 0.467 e. The summed E-state index contributed by atoms with van der Waals surface area (Å²) in [5.74, 6) is -0.741. The van der Waals surface area contributed by atoms with Crippen molar-refractivity contribution in [3.8, 4) is 0 Å². The smallest absolute Gasteiger partial charge is 0.330 e. The Morgan fingerprint density at radius 3 is 2.75 bits per heavy atom. The number of nitrogens with zero attached hydrogens (tertiary/aromatic N) is 2. The molecule has 2 atom stereocenters. The third-order valence-corrected chi connectivity index (χ3v) is 5.16. The van der Waals surface area contributed by atoms with Crippen LogP contribution in [0.4, 0.5) is 5.69 Å². The molecule has 0 spiro atoms. The van der Waals surface area contributed by atoms with Gasteiger partial charge >= 0.3 is 5.97 Å². The molecule has 2 N–H and O–H groups in total. The summed E-state index contributed by atoms with van der Waals surface area (Å²) in [7, 11) is 1.29. The number of carbonyl (C=O) groups is 1. The highest BCUT2D eigenvalue weighted by Gasteiger charge is 2.40. The molecule has 2 aromatic rings. The van der Waals surface area contributed by atoms with Crippen LogP contribution in [0.2, 0.25) is 10.0 Å². The molecule has 3 rings (SSSR count). The Morgan fingerprint density at radius 2 is 2.11 bits per heavy atom. The number of benzene rings is 2. The van der Waals surface area contributed by atoms with Gasteiger partial charge in [-0.25, -0.2) is 14.6 Å². The van der Waals surface area contributed by atoms with Crippen molar-refractivity contribution in [3.63, 3.8) is 0 Å². The first-order valence-electron chi connectivity index (χ1n) is 8.22. The van der Waals surface area contributed by atoms with Gasteiger partial charge in [0.05, 0.1) is 12.8 Å². The van der Waals surface area contributed by atoms with Gasteiger partial charge in [-0.1, -0.05) is 52.6 Å². The van der Waals surface area contributed by atoms with E-state index in [9.17, 15) is 9.59 Å². The Kier molecular flexibility index (Phi) is 7.47. The Labute approximate surface area is 178 Å². The highest BCUT2D eigenvalue weighted by molar-refractivity contribution is 6.35. The van der Waals surface area contributed by atoms with E-state index in [4.69, 9.17) is 33.7 Å². The molecule has 0 saturated heterocycles. The average Bonchev–Trinajstić information content (AvgIpc) is 2.67. The third-order valence-electron chi connectivity index (χ3n) is 4.63. The van der Waals surface area contributed by atoms with E-state index < -0.39 is 12.0 Å². The molecule has 148 valence electrons. The second-order valence-corrected chi connectivity index (χ2v) is 6.98. The Balaban J connectivity index is 0.00000280. The van der Waals surface area contributed by atoms with E-state index in [1.165, 1.54) is 18.2 Å². The van der Waals surface area contributed by atoms with Crippen molar-refractivity contribution in [3.05, 3.63) is 63.1 Å². The molecule has 0 saturated carbocycles.